The number of hydrogen-bond donors (Lipinski definition) is 2. The second-order valence-electron chi connectivity index (χ2n) is 7.44. The highest BCUT2D eigenvalue weighted by Gasteiger charge is 2.32. The zero-order valence-electron chi connectivity index (χ0n) is 16.7. The van der Waals surface area contributed by atoms with Gasteiger partial charge < -0.3 is 25.0 Å². The van der Waals surface area contributed by atoms with Crippen LogP contribution in [0.4, 0.5) is 5.69 Å². The van der Waals surface area contributed by atoms with Crippen molar-refractivity contribution in [3.05, 3.63) is 30.3 Å². The van der Waals surface area contributed by atoms with E-state index >= 15 is 0 Å². The Morgan fingerprint density at radius 1 is 1.22 bits per heavy atom. The summed E-state index contributed by atoms with van der Waals surface area (Å²) in [7, 11) is 1.79. The molecule has 3 rings (SSSR count). The molecule has 2 heterocycles. The zero-order valence-corrected chi connectivity index (χ0v) is 16.7. The molecule has 0 bridgehead atoms. The number of benzene rings is 1. The standard InChI is InChI=1S/C21H34N4O2/c1-3-22-20(23-17-21(26-2)11-15-27-16-12-21)24-18-9-13-25(14-10-18)19-7-5-4-6-8-19/h4-8,18H,3,9-17H2,1-2H3,(H2,22,23,24). The number of guanidine groups is 1. The molecular formula is C21H34N4O2. The van der Waals surface area contributed by atoms with E-state index in [0.717, 1.165) is 64.5 Å². The first-order chi connectivity index (χ1) is 13.2. The molecular weight excluding hydrogens is 340 g/mol. The molecule has 0 aliphatic carbocycles. The highest BCUT2D eigenvalue weighted by atomic mass is 16.5. The van der Waals surface area contributed by atoms with Crippen LogP contribution in [-0.4, -0.2) is 64.1 Å². The molecule has 0 amide bonds. The van der Waals surface area contributed by atoms with Gasteiger partial charge in [-0.3, -0.25) is 4.99 Å². The van der Waals surface area contributed by atoms with E-state index in [9.17, 15) is 0 Å². The maximum Gasteiger partial charge on any atom is 0.191 e. The summed E-state index contributed by atoms with van der Waals surface area (Å²) in [6, 6.07) is 11.1. The largest absolute Gasteiger partial charge is 0.381 e. The number of piperidine rings is 1. The molecule has 2 aliphatic heterocycles. The molecule has 150 valence electrons. The lowest BCUT2D eigenvalue weighted by molar-refractivity contribution is -0.0828. The van der Waals surface area contributed by atoms with Gasteiger partial charge in [0.05, 0.1) is 12.1 Å². The topological polar surface area (TPSA) is 58.1 Å². The molecule has 2 saturated heterocycles. The van der Waals surface area contributed by atoms with Gasteiger partial charge in [-0.15, -0.1) is 0 Å². The fraction of sp³-hybridized carbons (Fsp3) is 0.667. The summed E-state index contributed by atoms with van der Waals surface area (Å²) >= 11 is 0. The summed E-state index contributed by atoms with van der Waals surface area (Å²) in [6.45, 7) is 7.29. The third-order valence-electron chi connectivity index (χ3n) is 5.66. The first-order valence-corrected chi connectivity index (χ1v) is 10.2. The van der Waals surface area contributed by atoms with E-state index < -0.39 is 0 Å². The van der Waals surface area contributed by atoms with Gasteiger partial charge in [0, 0.05) is 64.5 Å². The molecule has 0 radical (unpaired) electrons. The highest BCUT2D eigenvalue weighted by Crippen LogP contribution is 2.25. The Labute approximate surface area is 163 Å². The monoisotopic (exact) mass is 374 g/mol. The van der Waals surface area contributed by atoms with Gasteiger partial charge in [0.15, 0.2) is 5.96 Å². The average molecular weight is 375 g/mol. The van der Waals surface area contributed by atoms with Gasteiger partial charge in [0.1, 0.15) is 0 Å². The van der Waals surface area contributed by atoms with Gasteiger partial charge in [-0.05, 0) is 31.9 Å². The van der Waals surface area contributed by atoms with Crippen LogP contribution in [0.1, 0.15) is 32.6 Å². The third-order valence-corrected chi connectivity index (χ3v) is 5.66. The van der Waals surface area contributed by atoms with E-state index in [4.69, 9.17) is 14.5 Å². The number of rotatable bonds is 6. The molecule has 27 heavy (non-hydrogen) atoms. The summed E-state index contributed by atoms with van der Waals surface area (Å²) in [4.78, 5) is 7.31. The van der Waals surface area contributed by atoms with Gasteiger partial charge in [-0.1, -0.05) is 18.2 Å². The number of nitrogens with one attached hydrogen (secondary N) is 2. The molecule has 1 aromatic carbocycles. The van der Waals surface area contributed by atoms with Crippen LogP contribution >= 0.6 is 0 Å². The third kappa shape index (κ3) is 5.59. The van der Waals surface area contributed by atoms with Crippen molar-refractivity contribution in [2.45, 2.75) is 44.2 Å². The molecule has 2 fully saturated rings. The van der Waals surface area contributed by atoms with Crippen molar-refractivity contribution in [2.75, 3.05) is 51.4 Å². The Hall–Kier alpha value is -1.79. The van der Waals surface area contributed by atoms with Crippen LogP contribution in [0, 0.1) is 0 Å². The maximum absolute atomic E-state index is 5.81. The lowest BCUT2D eigenvalue weighted by Gasteiger charge is -2.36. The highest BCUT2D eigenvalue weighted by molar-refractivity contribution is 5.80. The Balaban J connectivity index is 1.53. The summed E-state index contributed by atoms with van der Waals surface area (Å²) in [5, 5.41) is 7.03. The lowest BCUT2D eigenvalue weighted by atomic mass is 9.94. The molecule has 0 saturated carbocycles. The fourth-order valence-electron chi connectivity index (χ4n) is 3.83. The summed E-state index contributed by atoms with van der Waals surface area (Å²) in [6.07, 6.45) is 4.04. The maximum atomic E-state index is 5.81. The Morgan fingerprint density at radius 2 is 1.93 bits per heavy atom. The molecule has 0 aromatic heterocycles. The average Bonchev–Trinajstić information content (AvgIpc) is 2.74. The predicted molar refractivity (Wildman–Crippen MR) is 111 cm³/mol. The normalized spacial score (nSPS) is 21.1. The van der Waals surface area contributed by atoms with Crippen molar-refractivity contribution in [1.82, 2.24) is 10.6 Å². The van der Waals surface area contributed by atoms with Gasteiger partial charge in [0.25, 0.3) is 0 Å². The molecule has 6 nitrogen and oxygen atoms in total. The quantitative estimate of drug-likeness (QED) is 0.592. The Bertz CT molecular complexity index is 579. The van der Waals surface area contributed by atoms with Crippen LogP contribution in [0.2, 0.25) is 0 Å². The van der Waals surface area contributed by atoms with Crippen LogP contribution in [0.5, 0.6) is 0 Å². The molecule has 6 heteroatoms. The van der Waals surface area contributed by atoms with E-state index in [0.29, 0.717) is 12.6 Å². The van der Waals surface area contributed by atoms with Crippen molar-refractivity contribution in [3.63, 3.8) is 0 Å². The Kier molecular flexibility index (Phi) is 7.35. The number of anilines is 1. The van der Waals surface area contributed by atoms with Gasteiger partial charge in [-0.2, -0.15) is 0 Å². The lowest BCUT2D eigenvalue weighted by Crippen LogP contribution is -2.49. The van der Waals surface area contributed by atoms with Crippen molar-refractivity contribution < 1.29 is 9.47 Å². The van der Waals surface area contributed by atoms with E-state index in [-0.39, 0.29) is 5.60 Å². The minimum Gasteiger partial charge on any atom is -0.381 e. The number of para-hydroxylation sites is 1. The molecule has 1 aromatic rings. The van der Waals surface area contributed by atoms with Gasteiger partial charge in [0.2, 0.25) is 0 Å². The second kappa shape index (κ2) is 9.95. The molecule has 2 aliphatic rings. The van der Waals surface area contributed by atoms with Gasteiger partial charge in [-0.25, -0.2) is 0 Å². The molecule has 0 spiro atoms. The van der Waals surface area contributed by atoms with Gasteiger partial charge >= 0.3 is 0 Å². The number of aliphatic imine (C=N–C) groups is 1. The van der Waals surface area contributed by atoms with Crippen LogP contribution in [0.15, 0.2) is 35.3 Å². The minimum absolute atomic E-state index is 0.183. The minimum atomic E-state index is -0.183. The van der Waals surface area contributed by atoms with Crippen molar-refractivity contribution >= 4 is 11.6 Å². The van der Waals surface area contributed by atoms with Crippen molar-refractivity contribution in [1.29, 1.82) is 0 Å². The SMILES string of the molecule is CCNC(=NCC1(OC)CCOCC1)NC1CCN(c2ccccc2)CC1. The van der Waals surface area contributed by atoms with E-state index in [1.807, 2.05) is 0 Å². The fourth-order valence-corrected chi connectivity index (χ4v) is 3.83. The van der Waals surface area contributed by atoms with Crippen LogP contribution in [0.25, 0.3) is 0 Å². The first-order valence-electron chi connectivity index (χ1n) is 10.2. The first kappa shape index (κ1) is 20.0. The molecule has 0 unspecified atom stereocenters. The molecule has 0 atom stereocenters. The Morgan fingerprint density at radius 3 is 2.56 bits per heavy atom. The second-order valence-corrected chi connectivity index (χ2v) is 7.44. The zero-order chi connectivity index (χ0) is 19.0. The van der Waals surface area contributed by atoms with Crippen LogP contribution < -0.4 is 15.5 Å². The van der Waals surface area contributed by atoms with Crippen molar-refractivity contribution in [2.24, 2.45) is 4.99 Å². The summed E-state index contributed by atoms with van der Waals surface area (Å²) in [5.74, 6) is 0.901. The summed E-state index contributed by atoms with van der Waals surface area (Å²) in [5.41, 5.74) is 1.13. The van der Waals surface area contributed by atoms with E-state index in [1.165, 1.54) is 5.69 Å². The predicted octanol–water partition coefficient (Wildman–Crippen LogP) is 2.41. The molecule has 2 N–H and O–H groups in total. The number of hydrogen-bond acceptors (Lipinski definition) is 4. The smallest absolute Gasteiger partial charge is 0.191 e. The van der Waals surface area contributed by atoms with Crippen molar-refractivity contribution in [3.8, 4) is 0 Å². The van der Waals surface area contributed by atoms with Crippen LogP contribution in [-0.2, 0) is 9.47 Å². The number of methoxy groups -OCH3 is 1. The number of nitrogens with zero attached hydrogens (tertiary/aromatic N) is 2. The van der Waals surface area contributed by atoms with Crippen LogP contribution in [0.3, 0.4) is 0 Å². The number of ether oxygens (including phenoxy) is 2. The van der Waals surface area contributed by atoms with E-state index in [2.05, 4.69) is 52.8 Å². The van der Waals surface area contributed by atoms with E-state index in [1.54, 1.807) is 7.11 Å². The summed E-state index contributed by atoms with van der Waals surface area (Å²) < 4.78 is 11.3.